The Morgan fingerprint density at radius 1 is 1.04 bits per heavy atom. The number of ketones is 1. The van der Waals surface area contributed by atoms with Gasteiger partial charge in [0.1, 0.15) is 0 Å². The van der Waals surface area contributed by atoms with Crippen molar-refractivity contribution in [2.75, 3.05) is 0 Å². The molecule has 0 unspecified atom stereocenters. The molecule has 0 spiro atoms. The molecule has 0 aliphatic carbocycles. The fourth-order valence-corrected chi connectivity index (χ4v) is 2.90. The average molecular weight is 314 g/mol. The molecule has 3 heteroatoms. The lowest BCUT2D eigenvalue weighted by Gasteiger charge is -2.33. The number of allylic oxidation sites excluding steroid dienone is 2. The summed E-state index contributed by atoms with van der Waals surface area (Å²) in [6.45, 7) is 0.670. The number of benzene rings is 2. The Bertz CT molecular complexity index is 801. The number of Topliss-reactive ketones (excluding diaryl/α,β-unsaturated/α-hetero) is 1. The smallest absolute Gasteiger partial charge is 0.191 e. The van der Waals surface area contributed by atoms with E-state index < -0.39 is 0 Å². The van der Waals surface area contributed by atoms with Crippen LogP contribution in [0.25, 0.3) is 0 Å². The van der Waals surface area contributed by atoms with E-state index in [1.54, 1.807) is 0 Å². The first-order valence-electron chi connectivity index (χ1n) is 7.94. The second-order valence-corrected chi connectivity index (χ2v) is 5.69. The molecule has 0 saturated heterocycles. The largest absolute Gasteiger partial charge is 0.365 e. The maximum Gasteiger partial charge on any atom is 0.191 e. The molecular weight excluding hydrogens is 296 g/mol. The van der Waals surface area contributed by atoms with Crippen LogP contribution in [0.1, 0.15) is 22.3 Å². The van der Waals surface area contributed by atoms with Gasteiger partial charge in [0.15, 0.2) is 5.78 Å². The summed E-state index contributed by atoms with van der Waals surface area (Å²) in [6.07, 6.45) is 5.95. The predicted molar refractivity (Wildman–Crippen MR) is 94.0 cm³/mol. The summed E-state index contributed by atoms with van der Waals surface area (Å²) in [6, 6.07) is 21.3. The van der Waals surface area contributed by atoms with Crippen molar-refractivity contribution in [3.05, 3.63) is 95.7 Å². The summed E-state index contributed by atoms with van der Waals surface area (Å²) < 4.78 is 0. The number of nitriles is 1. The fraction of sp³-hybridized carbons (Fsp3) is 0.143. The van der Waals surface area contributed by atoms with E-state index in [0.29, 0.717) is 17.7 Å². The number of rotatable bonds is 5. The average Bonchev–Trinajstić information content (AvgIpc) is 2.64. The molecule has 2 aromatic rings. The fourth-order valence-electron chi connectivity index (χ4n) is 2.90. The van der Waals surface area contributed by atoms with Crippen molar-refractivity contribution >= 4 is 5.78 Å². The minimum atomic E-state index is -0.229. The molecule has 0 radical (unpaired) electrons. The molecular formula is C21H18N2O. The molecule has 0 N–H and O–H groups in total. The second-order valence-electron chi connectivity index (χ2n) is 5.69. The molecule has 0 fully saturated rings. The van der Waals surface area contributed by atoms with Crippen LogP contribution in [0.2, 0.25) is 0 Å². The van der Waals surface area contributed by atoms with Crippen LogP contribution < -0.4 is 0 Å². The highest BCUT2D eigenvalue weighted by atomic mass is 16.1. The van der Waals surface area contributed by atoms with Crippen LogP contribution in [-0.2, 0) is 6.54 Å². The van der Waals surface area contributed by atoms with E-state index in [0.717, 1.165) is 5.56 Å². The van der Waals surface area contributed by atoms with E-state index in [-0.39, 0.29) is 18.2 Å². The van der Waals surface area contributed by atoms with Crippen molar-refractivity contribution in [3.8, 4) is 6.07 Å². The maximum atomic E-state index is 12.8. The van der Waals surface area contributed by atoms with Crippen molar-refractivity contribution in [2.45, 2.75) is 19.0 Å². The first-order valence-corrected chi connectivity index (χ1v) is 7.94. The van der Waals surface area contributed by atoms with Crippen LogP contribution in [0.3, 0.4) is 0 Å². The third-order valence-electron chi connectivity index (χ3n) is 4.10. The summed E-state index contributed by atoms with van der Waals surface area (Å²) >= 11 is 0. The van der Waals surface area contributed by atoms with Crippen LogP contribution in [0.15, 0.2) is 84.6 Å². The Kier molecular flexibility index (Phi) is 4.88. The Morgan fingerprint density at radius 2 is 1.71 bits per heavy atom. The van der Waals surface area contributed by atoms with Crippen LogP contribution in [0, 0.1) is 11.3 Å². The Balaban J connectivity index is 1.86. The summed E-state index contributed by atoms with van der Waals surface area (Å²) in [7, 11) is 0. The Labute approximate surface area is 142 Å². The van der Waals surface area contributed by atoms with Gasteiger partial charge in [-0.25, -0.2) is 0 Å². The van der Waals surface area contributed by atoms with Gasteiger partial charge >= 0.3 is 0 Å². The predicted octanol–water partition coefficient (Wildman–Crippen LogP) is 4.11. The molecule has 0 aromatic heterocycles. The highest BCUT2D eigenvalue weighted by molar-refractivity contribution is 6.09. The zero-order valence-corrected chi connectivity index (χ0v) is 13.3. The number of nitrogens with zero attached hydrogens (tertiary/aromatic N) is 2. The molecule has 0 amide bonds. The quantitative estimate of drug-likeness (QED) is 0.780. The van der Waals surface area contributed by atoms with Crippen molar-refractivity contribution in [2.24, 2.45) is 0 Å². The molecule has 0 saturated carbocycles. The van der Waals surface area contributed by atoms with E-state index in [4.69, 9.17) is 0 Å². The molecule has 0 bridgehead atoms. The lowest BCUT2D eigenvalue weighted by atomic mass is 9.92. The topological polar surface area (TPSA) is 44.1 Å². The molecule has 3 nitrogen and oxygen atoms in total. The van der Waals surface area contributed by atoms with E-state index in [1.165, 1.54) is 0 Å². The Morgan fingerprint density at radius 3 is 2.38 bits per heavy atom. The van der Waals surface area contributed by atoms with Crippen molar-refractivity contribution in [1.29, 1.82) is 5.26 Å². The minimum absolute atomic E-state index is 0.0155. The standard InChI is InChI=1S/C21H18N2O/c22-14-13-20-19(21(24)18-10-5-2-6-11-18)12-7-15-23(20)16-17-8-3-1-4-9-17/h1-12,15,20H,13,16H2/t20-/m0/s1. The molecule has 118 valence electrons. The number of hydrogen-bond acceptors (Lipinski definition) is 3. The van der Waals surface area contributed by atoms with Gasteiger partial charge in [-0.2, -0.15) is 5.26 Å². The minimum Gasteiger partial charge on any atom is -0.365 e. The number of carbonyl (C=O) groups excluding carboxylic acids is 1. The van der Waals surface area contributed by atoms with Crippen LogP contribution in [0.5, 0.6) is 0 Å². The Hall–Kier alpha value is -3.12. The second kappa shape index (κ2) is 7.43. The maximum absolute atomic E-state index is 12.8. The van der Waals surface area contributed by atoms with Crippen LogP contribution in [-0.4, -0.2) is 16.7 Å². The highest BCUT2D eigenvalue weighted by Gasteiger charge is 2.27. The SMILES string of the molecule is N#CC[C@H]1C(C(=O)c2ccccc2)=CC=CN1Cc1ccccc1. The third-order valence-corrected chi connectivity index (χ3v) is 4.10. The van der Waals surface area contributed by atoms with Gasteiger partial charge in [-0.05, 0) is 11.6 Å². The molecule has 1 aliphatic heterocycles. The van der Waals surface area contributed by atoms with Crippen molar-refractivity contribution in [3.63, 3.8) is 0 Å². The summed E-state index contributed by atoms with van der Waals surface area (Å²) in [5, 5.41) is 9.23. The highest BCUT2D eigenvalue weighted by Crippen LogP contribution is 2.25. The molecule has 1 aliphatic rings. The van der Waals surface area contributed by atoms with Crippen LogP contribution >= 0.6 is 0 Å². The summed E-state index contributed by atoms with van der Waals surface area (Å²) in [5.74, 6) is -0.0155. The van der Waals surface area contributed by atoms with Gasteiger partial charge in [0.05, 0.1) is 18.5 Å². The lowest BCUT2D eigenvalue weighted by molar-refractivity contribution is 0.101. The normalized spacial score (nSPS) is 16.4. The molecule has 2 aromatic carbocycles. The van der Waals surface area contributed by atoms with Gasteiger partial charge in [0.2, 0.25) is 0 Å². The molecule has 1 atom stereocenters. The van der Waals surface area contributed by atoms with Gasteiger partial charge in [-0.1, -0.05) is 66.7 Å². The molecule has 1 heterocycles. The van der Waals surface area contributed by atoms with Gasteiger partial charge in [-0.15, -0.1) is 0 Å². The van der Waals surface area contributed by atoms with Gasteiger partial charge in [0, 0.05) is 23.9 Å². The third kappa shape index (κ3) is 3.44. The first-order chi connectivity index (χ1) is 11.8. The van der Waals surface area contributed by atoms with E-state index in [2.05, 4.69) is 11.0 Å². The lowest BCUT2D eigenvalue weighted by Crippen LogP contribution is -2.36. The molecule has 24 heavy (non-hydrogen) atoms. The molecule has 3 rings (SSSR count). The monoisotopic (exact) mass is 314 g/mol. The van der Waals surface area contributed by atoms with Gasteiger partial charge in [-0.3, -0.25) is 4.79 Å². The number of hydrogen-bond donors (Lipinski definition) is 0. The van der Waals surface area contributed by atoms with E-state index in [9.17, 15) is 10.1 Å². The van der Waals surface area contributed by atoms with Crippen molar-refractivity contribution < 1.29 is 4.79 Å². The first kappa shape index (κ1) is 15.8. The van der Waals surface area contributed by atoms with Crippen molar-refractivity contribution in [1.82, 2.24) is 4.90 Å². The van der Waals surface area contributed by atoms with Gasteiger partial charge in [0.25, 0.3) is 0 Å². The zero-order valence-electron chi connectivity index (χ0n) is 13.3. The zero-order chi connectivity index (χ0) is 16.8. The number of carbonyl (C=O) groups is 1. The van der Waals surface area contributed by atoms with E-state index >= 15 is 0 Å². The summed E-state index contributed by atoms with van der Waals surface area (Å²) in [4.78, 5) is 14.9. The van der Waals surface area contributed by atoms with Gasteiger partial charge < -0.3 is 4.90 Å². The summed E-state index contributed by atoms with van der Waals surface area (Å²) in [5.41, 5.74) is 2.47. The van der Waals surface area contributed by atoms with E-state index in [1.807, 2.05) is 79.0 Å². The van der Waals surface area contributed by atoms with Crippen LogP contribution in [0.4, 0.5) is 0 Å².